The van der Waals surface area contributed by atoms with Crippen molar-refractivity contribution < 1.29 is 27.9 Å². The summed E-state index contributed by atoms with van der Waals surface area (Å²) in [5.74, 6) is -2.67. The summed E-state index contributed by atoms with van der Waals surface area (Å²) in [5.41, 5.74) is 2.78. The lowest BCUT2D eigenvalue weighted by Crippen LogP contribution is -2.19. The minimum absolute atomic E-state index is 0.169. The molecular weight excluding hydrogens is 231 g/mol. The number of aromatic nitrogens is 2. The van der Waals surface area contributed by atoms with Crippen molar-refractivity contribution in [3.8, 4) is 0 Å². The Morgan fingerprint density at radius 2 is 2.06 bits per heavy atom. The third-order valence-electron chi connectivity index (χ3n) is 1.61. The zero-order valence-electron chi connectivity index (χ0n) is 7.65. The second kappa shape index (κ2) is 3.83. The van der Waals surface area contributed by atoms with Gasteiger partial charge in [-0.1, -0.05) is 0 Å². The highest BCUT2D eigenvalue weighted by Crippen LogP contribution is 2.29. The van der Waals surface area contributed by atoms with Crippen molar-refractivity contribution in [2.75, 3.05) is 0 Å². The number of carboxylic acid groups (broad SMARTS) is 1. The standard InChI is InChI=1S/C7H6F3N3O3/c8-7(9,10)4-1-3(6(11)16)12-13(4)2-5(14)15/h1H,2H2,(H2,11,16)(H,14,15). The SMILES string of the molecule is NC(=O)c1cc(C(F)(F)F)n(CC(=O)O)n1. The number of rotatable bonds is 3. The van der Waals surface area contributed by atoms with Gasteiger partial charge in [0.15, 0.2) is 5.69 Å². The first-order valence-electron chi connectivity index (χ1n) is 3.88. The lowest BCUT2D eigenvalue weighted by atomic mass is 10.3. The van der Waals surface area contributed by atoms with Crippen molar-refractivity contribution in [2.24, 2.45) is 5.73 Å². The van der Waals surface area contributed by atoms with Crippen LogP contribution in [-0.4, -0.2) is 26.8 Å². The highest BCUT2D eigenvalue weighted by molar-refractivity contribution is 5.90. The van der Waals surface area contributed by atoms with E-state index >= 15 is 0 Å². The van der Waals surface area contributed by atoms with Gasteiger partial charge in [-0.25, -0.2) is 4.68 Å². The van der Waals surface area contributed by atoms with E-state index in [-0.39, 0.29) is 4.68 Å². The van der Waals surface area contributed by atoms with Gasteiger partial charge in [-0.3, -0.25) is 9.59 Å². The maximum absolute atomic E-state index is 12.4. The molecule has 0 saturated heterocycles. The van der Waals surface area contributed by atoms with Gasteiger partial charge in [-0.05, 0) is 0 Å². The van der Waals surface area contributed by atoms with Crippen LogP contribution in [0.25, 0.3) is 0 Å². The number of hydrogen-bond donors (Lipinski definition) is 2. The van der Waals surface area contributed by atoms with Crippen LogP contribution < -0.4 is 5.73 Å². The number of carbonyl (C=O) groups excluding carboxylic acids is 1. The lowest BCUT2D eigenvalue weighted by Gasteiger charge is -2.07. The molecule has 1 amide bonds. The fraction of sp³-hybridized carbons (Fsp3) is 0.286. The van der Waals surface area contributed by atoms with Crippen LogP contribution in [0.2, 0.25) is 0 Å². The molecule has 0 aromatic carbocycles. The summed E-state index contributed by atoms with van der Waals surface area (Å²) in [6.07, 6.45) is -4.80. The minimum Gasteiger partial charge on any atom is -0.480 e. The lowest BCUT2D eigenvalue weighted by molar-refractivity contribution is -0.147. The topological polar surface area (TPSA) is 98.2 Å². The Hall–Kier alpha value is -2.06. The maximum Gasteiger partial charge on any atom is 0.433 e. The molecule has 0 radical (unpaired) electrons. The Balaban J connectivity index is 3.23. The molecule has 6 nitrogen and oxygen atoms in total. The molecule has 0 unspecified atom stereocenters. The van der Waals surface area contributed by atoms with E-state index in [4.69, 9.17) is 10.8 Å². The van der Waals surface area contributed by atoms with Crippen molar-refractivity contribution in [2.45, 2.75) is 12.7 Å². The van der Waals surface area contributed by atoms with Gasteiger partial charge in [0, 0.05) is 6.07 Å². The minimum atomic E-state index is -4.80. The summed E-state index contributed by atoms with van der Waals surface area (Å²) >= 11 is 0. The number of nitrogens with zero attached hydrogens (tertiary/aromatic N) is 2. The first-order valence-corrected chi connectivity index (χ1v) is 3.88. The van der Waals surface area contributed by atoms with E-state index in [1.165, 1.54) is 0 Å². The quantitative estimate of drug-likeness (QED) is 0.777. The number of nitrogens with two attached hydrogens (primary N) is 1. The fourth-order valence-electron chi connectivity index (χ4n) is 1.01. The zero-order chi connectivity index (χ0) is 12.5. The molecule has 0 aliphatic rings. The molecule has 9 heteroatoms. The molecule has 0 bridgehead atoms. The molecular formula is C7H6F3N3O3. The number of halogens is 3. The molecule has 0 fully saturated rings. The average molecular weight is 237 g/mol. The van der Waals surface area contributed by atoms with E-state index in [1.54, 1.807) is 0 Å². The van der Waals surface area contributed by atoms with Gasteiger partial charge in [0.05, 0.1) is 0 Å². The molecule has 0 spiro atoms. The molecule has 0 atom stereocenters. The largest absolute Gasteiger partial charge is 0.480 e. The number of hydrogen-bond acceptors (Lipinski definition) is 3. The van der Waals surface area contributed by atoms with Gasteiger partial charge < -0.3 is 10.8 Å². The van der Waals surface area contributed by atoms with Crippen LogP contribution >= 0.6 is 0 Å². The van der Waals surface area contributed by atoms with Crippen molar-refractivity contribution in [3.63, 3.8) is 0 Å². The predicted molar refractivity (Wildman–Crippen MR) is 43.4 cm³/mol. The third kappa shape index (κ3) is 2.49. The molecule has 3 N–H and O–H groups in total. The van der Waals surface area contributed by atoms with Crippen molar-refractivity contribution in [1.29, 1.82) is 0 Å². The Kier molecular flexibility index (Phi) is 2.88. The van der Waals surface area contributed by atoms with Gasteiger partial charge in [0.2, 0.25) is 0 Å². The monoisotopic (exact) mass is 237 g/mol. The number of alkyl halides is 3. The van der Waals surface area contributed by atoms with Gasteiger partial charge >= 0.3 is 12.1 Å². The molecule has 1 aromatic rings. The van der Waals surface area contributed by atoms with Crippen LogP contribution in [0, 0.1) is 0 Å². The molecule has 1 heterocycles. The number of carbonyl (C=O) groups is 2. The summed E-state index contributed by atoms with van der Waals surface area (Å²) in [6, 6.07) is 0.408. The molecule has 16 heavy (non-hydrogen) atoms. The first-order chi connectivity index (χ1) is 7.21. The van der Waals surface area contributed by atoms with Crippen molar-refractivity contribution >= 4 is 11.9 Å². The number of amides is 1. The van der Waals surface area contributed by atoms with E-state index in [0.29, 0.717) is 6.07 Å². The summed E-state index contributed by atoms with van der Waals surface area (Å²) in [5, 5.41) is 11.5. The number of aliphatic carboxylic acids is 1. The van der Waals surface area contributed by atoms with Gasteiger partial charge in [0.1, 0.15) is 12.2 Å². The summed E-state index contributed by atoms with van der Waals surface area (Å²) in [4.78, 5) is 20.9. The highest BCUT2D eigenvalue weighted by Gasteiger charge is 2.36. The normalized spacial score (nSPS) is 11.4. The highest BCUT2D eigenvalue weighted by atomic mass is 19.4. The van der Waals surface area contributed by atoms with E-state index in [0.717, 1.165) is 0 Å². The van der Waals surface area contributed by atoms with Gasteiger partial charge in [0.25, 0.3) is 5.91 Å². The van der Waals surface area contributed by atoms with E-state index in [2.05, 4.69) is 5.10 Å². The van der Waals surface area contributed by atoms with E-state index in [9.17, 15) is 22.8 Å². The molecule has 0 saturated carbocycles. The van der Waals surface area contributed by atoms with E-state index < -0.39 is 36.0 Å². The summed E-state index contributed by atoms with van der Waals surface area (Å²) < 4.78 is 37.3. The Morgan fingerprint density at radius 3 is 2.44 bits per heavy atom. The fourth-order valence-corrected chi connectivity index (χ4v) is 1.01. The Bertz CT molecular complexity index is 438. The maximum atomic E-state index is 12.4. The molecule has 0 aliphatic heterocycles. The molecule has 0 aliphatic carbocycles. The second-order valence-electron chi connectivity index (χ2n) is 2.83. The van der Waals surface area contributed by atoms with Crippen LogP contribution in [0.4, 0.5) is 13.2 Å². The van der Waals surface area contributed by atoms with Gasteiger partial charge in [-0.15, -0.1) is 0 Å². The van der Waals surface area contributed by atoms with Crippen LogP contribution in [-0.2, 0) is 17.5 Å². The smallest absolute Gasteiger partial charge is 0.433 e. The Labute approximate surface area is 86.5 Å². The number of carboxylic acids is 1. The molecule has 1 aromatic heterocycles. The van der Waals surface area contributed by atoms with Crippen LogP contribution in [0.1, 0.15) is 16.2 Å². The van der Waals surface area contributed by atoms with Gasteiger partial charge in [-0.2, -0.15) is 18.3 Å². The second-order valence-corrected chi connectivity index (χ2v) is 2.83. The van der Waals surface area contributed by atoms with Crippen molar-refractivity contribution in [3.05, 3.63) is 17.5 Å². The van der Waals surface area contributed by atoms with Crippen LogP contribution in [0.3, 0.4) is 0 Å². The Morgan fingerprint density at radius 1 is 1.50 bits per heavy atom. The van der Waals surface area contributed by atoms with E-state index in [1.807, 2.05) is 0 Å². The molecule has 88 valence electrons. The summed E-state index contributed by atoms with van der Waals surface area (Å²) in [6.45, 7) is -0.998. The van der Waals surface area contributed by atoms with Crippen LogP contribution in [0.15, 0.2) is 6.07 Å². The molecule has 1 rings (SSSR count). The number of primary amides is 1. The third-order valence-corrected chi connectivity index (χ3v) is 1.61. The average Bonchev–Trinajstić information content (AvgIpc) is 2.45. The van der Waals surface area contributed by atoms with Crippen LogP contribution in [0.5, 0.6) is 0 Å². The predicted octanol–water partition coefficient (Wildman–Crippen LogP) is 0.0854. The first kappa shape index (κ1) is 12.0. The van der Waals surface area contributed by atoms with Crippen molar-refractivity contribution in [1.82, 2.24) is 9.78 Å². The zero-order valence-corrected chi connectivity index (χ0v) is 7.65. The summed E-state index contributed by atoms with van der Waals surface area (Å²) in [7, 11) is 0.